The van der Waals surface area contributed by atoms with Gasteiger partial charge >= 0.3 is 6.01 Å². The zero-order valence-electron chi connectivity index (χ0n) is 16.2. The van der Waals surface area contributed by atoms with Crippen LogP contribution in [0.1, 0.15) is 35.6 Å². The van der Waals surface area contributed by atoms with Gasteiger partial charge in [0.05, 0.1) is 25.5 Å². The summed E-state index contributed by atoms with van der Waals surface area (Å²) in [6, 6.07) is 9.63. The molecule has 1 aliphatic rings. The van der Waals surface area contributed by atoms with E-state index in [4.69, 9.17) is 4.74 Å². The maximum absolute atomic E-state index is 12.5. The van der Waals surface area contributed by atoms with Crippen molar-refractivity contribution >= 4 is 11.9 Å². The molecule has 1 amide bonds. The summed E-state index contributed by atoms with van der Waals surface area (Å²) in [5.41, 5.74) is 0.992. The third-order valence-electron chi connectivity index (χ3n) is 4.59. The van der Waals surface area contributed by atoms with Crippen LogP contribution in [-0.4, -0.2) is 56.1 Å². The zero-order valence-corrected chi connectivity index (χ0v) is 16.2. The van der Waals surface area contributed by atoms with E-state index in [-0.39, 0.29) is 24.2 Å². The molecule has 1 N–H and O–H groups in total. The molecule has 0 spiro atoms. The van der Waals surface area contributed by atoms with Crippen LogP contribution >= 0.6 is 0 Å². The minimum absolute atomic E-state index is 0.136. The van der Waals surface area contributed by atoms with Crippen molar-refractivity contribution in [1.82, 2.24) is 35.3 Å². The maximum atomic E-state index is 12.5. The highest BCUT2D eigenvalue weighted by Gasteiger charge is 2.17. The Hall–Kier alpha value is -3.56. The molecule has 3 heterocycles. The number of rotatable bonds is 6. The smallest absolute Gasteiger partial charge is 0.321 e. The van der Waals surface area contributed by atoms with E-state index in [2.05, 4.69) is 35.4 Å². The normalized spacial score (nSPS) is 13.9. The van der Waals surface area contributed by atoms with Crippen molar-refractivity contribution in [2.45, 2.75) is 25.8 Å². The molecular weight excluding hydrogens is 372 g/mol. The first-order valence-corrected chi connectivity index (χ1v) is 9.53. The van der Waals surface area contributed by atoms with Crippen molar-refractivity contribution in [3.8, 4) is 11.7 Å². The lowest BCUT2D eigenvalue weighted by molar-refractivity contribution is 0.0944. The van der Waals surface area contributed by atoms with Crippen LogP contribution in [-0.2, 0) is 6.54 Å². The minimum atomic E-state index is -0.355. The number of anilines is 1. The van der Waals surface area contributed by atoms with Crippen molar-refractivity contribution in [2.75, 3.05) is 25.1 Å². The fourth-order valence-corrected chi connectivity index (χ4v) is 3.09. The van der Waals surface area contributed by atoms with Crippen molar-refractivity contribution in [2.24, 2.45) is 0 Å². The van der Waals surface area contributed by atoms with Gasteiger partial charge in [-0.15, -0.1) is 5.10 Å². The number of para-hydroxylation sites is 1. The number of carbonyl (C=O) groups is 1. The van der Waals surface area contributed by atoms with E-state index in [0.717, 1.165) is 31.6 Å². The van der Waals surface area contributed by atoms with Gasteiger partial charge in [0.2, 0.25) is 5.95 Å². The standard InChI is InChI=1S/C19H22N8O2/c1-29-19-23-16(22-18(24-19)26-10-6-3-7-11-26)13-20-17(28)15-12-21-27(25-15)14-8-4-2-5-9-14/h2,4-5,8-9,12H,3,6-7,10-11,13H2,1H3,(H,20,28). The van der Waals surface area contributed by atoms with Gasteiger partial charge in [0.1, 0.15) is 0 Å². The van der Waals surface area contributed by atoms with Crippen LogP contribution in [0.4, 0.5) is 5.95 Å². The fraction of sp³-hybridized carbons (Fsp3) is 0.368. The summed E-state index contributed by atoms with van der Waals surface area (Å²) in [7, 11) is 1.51. The number of benzene rings is 1. The summed E-state index contributed by atoms with van der Waals surface area (Å²) in [4.78, 5) is 29.1. The van der Waals surface area contributed by atoms with Crippen LogP contribution in [0, 0.1) is 0 Å². The Kier molecular flexibility index (Phi) is 5.59. The molecule has 150 valence electrons. The molecule has 10 heteroatoms. The molecular formula is C19H22N8O2. The maximum Gasteiger partial charge on any atom is 0.321 e. The second-order valence-corrected chi connectivity index (χ2v) is 6.62. The second kappa shape index (κ2) is 8.63. The summed E-state index contributed by atoms with van der Waals surface area (Å²) in [5.74, 6) is 0.656. The lowest BCUT2D eigenvalue weighted by Crippen LogP contribution is -2.32. The SMILES string of the molecule is COc1nc(CNC(=O)c2cnn(-c3ccccc3)n2)nc(N2CCCCC2)n1. The van der Waals surface area contributed by atoms with E-state index >= 15 is 0 Å². The molecule has 1 fully saturated rings. The monoisotopic (exact) mass is 394 g/mol. The largest absolute Gasteiger partial charge is 0.467 e. The van der Waals surface area contributed by atoms with E-state index in [1.54, 1.807) is 0 Å². The van der Waals surface area contributed by atoms with Crippen molar-refractivity contribution in [3.05, 3.63) is 48.0 Å². The first-order valence-electron chi connectivity index (χ1n) is 9.53. The Balaban J connectivity index is 1.44. The van der Waals surface area contributed by atoms with Crippen molar-refractivity contribution in [3.63, 3.8) is 0 Å². The molecule has 2 aromatic heterocycles. The van der Waals surface area contributed by atoms with Gasteiger partial charge in [-0.25, -0.2) is 0 Å². The predicted octanol–water partition coefficient (Wildman–Crippen LogP) is 1.38. The summed E-state index contributed by atoms with van der Waals surface area (Å²) >= 11 is 0. The third-order valence-corrected chi connectivity index (χ3v) is 4.59. The number of ether oxygens (including phenoxy) is 1. The molecule has 10 nitrogen and oxygen atoms in total. The highest BCUT2D eigenvalue weighted by atomic mass is 16.5. The first-order chi connectivity index (χ1) is 14.2. The highest BCUT2D eigenvalue weighted by Crippen LogP contribution is 2.17. The Bertz CT molecular complexity index is 969. The van der Waals surface area contributed by atoms with Crippen LogP contribution in [0.5, 0.6) is 6.01 Å². The van der Waals surface area contributed by atoms with E-state index in [1.165, 1.54) is 24.5 Å². The van der Waals surface area contributed by atoms with Crippen molar-refractivity contribution in [1.29, 1.82) is 0 Å². The van der Waals surface area contributed by atoms with Gasteiger partial charge in [-0.1, -0.05) is 18.2 Å². The number of nitrogens with zero attached hydrogens (tertiary/aromatic N) is 7. The third kappa shape index (κ3) is 4.48. The number of amides is 1. The highest BCUT2D eigenvalue weighted by molar-refractivity contribution is 5.91. The van der Waals surface area contributed by atoms with Gasteiger partial charge in [-0.3, -0.25) is 4.79 Å². The van der Waals surface area contributed by atoms with E-state index in [1.807, 2.05) is 30.3 Å². The van der Waals surface area contributed by atoms with Crippen LogP contribution < -0.4 is 15.0 Å². The Labute approximate surface area is 167 Å². The second-order valence-electron chi connectivity index (χ2n) is 6.62. The van der Waals surface area contributed by atoms with Gasteiger partial charge < -0.3 is 15.0 Å². The molecule has 0 aliphatic carbocycles. The summed E-state index contributed by atoms with van der Waals surface area (Å²) in [6.45, 7) is 1.94. The van der Waals surface area contributed by atoms with Crippen molar-refractivity contribution < 1.29 is 9.53 Å². The number of hydrogen-bond donors (Lipinski definition) is 1. The summed E-state index contributed by atoms with van der Waals surface area (Å²) in [5, 5.41) is 11.1. The molecule has 0 radical (unpaired) electrons. The molecule has 1 saturated heterocycles. The lowest BCUT2D eigenvalue weighted by atomic mass is 10.1. The first kappa shape index (κ1) is 18.8. The molecule has 4 rings (SSSR count). The predicted molar refractivity (Wildman–Crippen MR) is 105 cm³/mol. The molecule has 0 unspecified atom stereocenters. The topological polar surface area (TPSA) is 111 Å². The number of methoxy groups -OCH3 is 1. The van der Waals surface area contributed by atoms with E-state index in [9.17, 15) is 4.79 Å². The van der Waals surface area contributed by atoms with Crippen LogP contribution in [0.15, 0.2) is 36.5 Å². The van der Waals surface area contributed by atoms with Crippen LogP contribution in [0.25, 0.3) is 5.69 Å². The molecule has 0 atom stereocenters. The molecule has 0 bridgehead atoms. The van der Waals surface area contributed by atoms with Gasteiger partial charge in [0, 0.05) is 13.1 Å². The number of carbonyl (C=O) groups excluding carboxylic acids is 1. The summed E-state index contributed by atoms with van der Waals surface area (Å²) in [6.07, 6.45) is 4.86. The Morgan fingerprint density at radius 1 is 1.10 bits per heavy atom. The molecule has 3 aromatic rings. The van der Waals surface area contributed by atoms with Crippen LogP contribution in [0.3, 0.4) is 0 Å². The summed E-state index contributed by atoms with van der Waals surface area (Å²) < 4.78 is 5.20. The van der Waals surface area contributed by atoms with Gasteiger partial charge in [-0.2, -0.15) is 24.8 Å². The number of aromatic nitrogens is 6. The molecule has 1 aromatic carbocycles. The molecule has 1 aliphatic heterocycles. The fourth-order valence-electron chi connectivity index (χ4n) is 3.09. The zero-order chi connectivity index (χ0) is 20.1. The van der Waals surface area contributed by atoms with Crippen LogP contribution in [0.2, 0.25) is 0 Å². The average Bonchev–Trinajstić information content (AvgIpc) is 3.29. The van der Waals surface area contributed by atoms with Gasteiger partial charge in [0.25, 0.3) is 5.91 Å². The van der Waals surface area contributed by atoms with Gasteiger partial charge in [0.15, 0.2) is 11.5 Å². The minimum Gasteiger partial charge on any atom is -0.467 e. The molecule has 0 saturated carbocycles. The lowest BCUT2D eigenvalue weighted by Gasteiger charge is -2.26. The molecule has 29 heavy (non-hydrogen) atoms. The van der Waals surface area contributed by atoms with Gasteiger partial charge in [-0.05, 0) is 31.4 Å². The number of piperidine rings is 1. The average molecular weight is 394 g/mol. The van der Waals surface area contributed by atoms with E-state index in [0.29, 0.717) is 11.8 Å². The van der Waals surface area contributed by atoms with E-state index < -0.39 is 0 Å². The Morgan fingerprint density at radius 3 is 2.66 bits per heavy atom. The quantitative estimate of drug-likeness (QED) is 0.668. The number of nitrogens with one attached hydrogen (secondary N) is 1. The number of hydrogen-bond acceptors (Lipinski definition) is 8. The Morgan fingerprint density at radius 2 is 1.90 bits per heavy atom.